The quantitative estimate of drug-likeness (QED) is 0.877. The maximum atomic E-state index is 14.0. The molecule has 1 nitrogen and oxygen atoms in total. The van der Waals surface area contributed by atoms with Gasteiger partial charge in [-0.3, -0.25) is 0 Å². The molecule has 0 aliphatic carbocycles. The summed E-state index contributed by atoms with van der Waals surface area (Å²) in [6, 6.07) is 13.5. The third kappa shape index (κ3) is 2.59. The first-order chi connectivity index (χ1) is 9.75. The van der Waals surface area contributed by atoms with Crippen LogP contribution in [-0.2, 0) is 0 Å². The molecular weight excluding hydrogens is 256 g/mol. The molecular formula is C17H17F2N. The van der Waals surface area contributed by atoms with Crippen molar-refractivity contribution in [1.29, 1.82) is 0 Å². The van der Waals surface area contributed by atoms with E-state index < -0.39 is 0 Å². The molecule has 1 aliphatic rings. The first kappa shape index (κ1) is 13.3. The molecule has 1 heterocycles. The van der Waals surface area contributed by atoms with Gasteiger partial charge in [-0.15, -0.1) is 0 Å². The van der Waals surface area contributed by atoms with Crippen molar-refractivity contribution in [3.05, 3.63) is 71.3 Å². The van der Waals surface area contributed by atoms with Crippen LogP contribution in [0, 0.1) is 11.6 Å². The molecule has 1 saturated heterocycles. The van der Waals surface area contributed by atoms with Crippen LogP contribution in [-0.4, -0.2) is 13.1 Å². The van der Waals surface area contributed by atoms with Gasteiger partial charge in [0.25, 0.3) is 0 Å². The molecule has 104 valence electrons. The Bertz CT molecular complexity index is 580. The van der Waals surface area contributed by atoms with Crippen LogP contribution in [0.1, 0.15) is 29.4 Å². The number of halogens is 2. The summed E-state index contributed by atoms with van der Waals surface area (Å²) in [6.45, 7) is 1.66. The van der Waals surface area contributed by atoms with E-state index >= 15 is 0 Å². The third-order valence-electron chi connectivity index (χ3n) is 4.08. The number of benzene rings is 2. The van der Waals surface area contributed by atoms with E-state index in [0.717, 1.165) is 30.6 Å². The van der Waals surface area contributed by atoms with Crippen LogP contribution in [0.2, 0.25) is 0 Å². The van der Waals surface area contributed by atoms with E-state index in [1.54, 1.807) is 6.07 Å². The van der Waals surface area contributed by atoms with Crippen LogP contribution in [0.4, 0.5) is 8.78 Å². The second-order valence-electron chi connectivity index (χ2n) is 5.28. The van der Waals surface area contributed by atoms with Gasteiger partial charge in [0.2, 0.25) is 0 Å². The van der Waals surface area contributed by atoms with Gasteiger partial charge in [0.05, 0.1) is 0 Å². The van der Waals surface area contributed by atoms with Gasteiger partial charge in [-0.2, -0.15) is 0 Å². The average Bonchev–Trinajstić information content (AvgIpc) is 2.49. The summed E-state index contributed by atoms with van der Waals surface area (Å²) >= 11 is 0. The summed E-state index contributed by atoms with van der Waals surface area (Å²) in [7, 11) is 0. The van der Waals surface area contributed by atoms with Crippen molar-refractivity contribution in [1.82, 2.24) is 5.32 Å². The summed E-state index contributed by atoms with van der Waals surface area (Å²) in [5.41, 5.74) is 1.83. The van der Waals surface area contributed by atoms with Gasteiger partial charge in [-0.1, -0.05) is 30.3 Å². The maximum absolute atomic E-state index is 14.0. The molecule has 0 spiro atoms. The molecule has 3 rings (SSSR count). The molecule has 1 aliphatic heterocycles. The lowest BCUT2D eigenvalue weighted by atomic mass is 9.77. The Hall–Kier alpha value is -1.74. The molecule has 0 amide bonds. The lowest BCUT2D eigenvalue weighted by Crippen LogP contribution is -2.34. The molecule has 0 radical (unpaired) electrons. The Balaban J connectivity index is 1.95. The van der Waals surface area contributed by atoms with Gasteiger partial charge in [0, 0.05) is 12.5 Å². The van der Waals surface area contributed by atoms with Crippen LogP contribution in [0.15, 0.2) is 48.5 Å². The highest BCUT2D eigenvalue weighted by molar-refractivity contribution is 5.31. The zero-order valence-corrected chi connectivity index (χ0v) is 11.2. The fourth-order valence-corrected chi connectivity index (χ4v) is 3.07. The van der Waals surface area contributed by atoms with E-state index in [0.29, 0.717) is 0 Å². The van der Waals surface area contributed by atoms with E-state index in [9.17, 15) is 8.78 Å². The lowest BCUT2D eigenvalue weighted by molar-refractivity contribution is 0.393. The predicted octanol–water partition coefficient (Wildman–Crippen LogP) is 3.83. The molecule has 2 aromatic rings. The monoisotopic (exact) mass is 273 g/mol. The molecule has 0 saturated carbocycles. The lowest BCUT2D eigenvalue weighted by Gasteiger charge is -2.33. The minimum absolute atomic E-state index is 0.0930. The maximum Gasteiger partial charge on any atom is 0.126 e. The first-order valence-electron chi connectivity index (χ1n) is 6.96. The van der Waals surface area contributed by atoms with Crippen molar-refractivity contribution >= 4 is 0 Å². The summed E-state index contributed by atoms with van der Waals surface area (Å²) in [6.07, 6.45) is 0.935. The number of piperidine rings is 1. The fourth-order valence-electron chi connectivity index (χ4n) is 3.07. The van der Waals surface area contributed by atoms with Gasteiger partial charge in [0.15, 0.2) is 0 Å². The minimum atomic E-state index is -0.231. The molecule has 2 atom stereocenters. The number of rotatable bonds is 2. The number of nitrogens with one attached hydrogen (secondary N) is 1. The zero-order chi connectivity index (χ0) is 13.9. The summed E-state index contributed by atoms with van der Waals surface area (Å²) in [5, 5.41) is 3.33. The molecule has 2 unspecified atom stereocenters. The highest BCUT2D eigenvalue weighted by Crippen LogP contribution is 2.38. The Labute approximate surface area is 117 Å². The Morgan fingerprint density at radius 1 is 0.900 bits per heavy atom. The second kappa shape index (κ2) is 5.71. The molecule has 20 heavy (non-hydrogen) atoms. The standard InChI is InChI=1S/C17H17F2N/c18-13-7-5-12(6-8-13)14-9-10-20-11-16(14)15-3-1-2-4-17(15)19/h1-8,14,16,20H,9-11H2. The van der Waals surface area contributed by atoms with Gasteiger partial charge >= 0.3 is 0 Å². The zero-order valence-electron chi connectivity index (χ0n) is 11.2. The van der Waals surface area contributed by atoms with Gasteiger partial charge in [-0.05, 0) is 48.2 Å². The summed E-state index contributed by atoms with van der Waals surface area (Å²) in [4.78, 5) is 0. The minimum Gasteiger partial charge on any atom is -0.316 e. The van der Waals surface area contributed by atoms with Crippen LogP contribution in [0.25, 0.3) is 0 Å². The van der Waals surface area contributed by atoms with Crippen molar-refractivity contribution in [2.75, 3.05) is 13.1 Å². The van der Waals surface area contributed by atoms with Crippen molar-refractivity contribution in [3.63, 3.8) is 0 Å². The normalized spacial score (nSPS) is 22.7. The second-order valence-corrected chi connectivity index (χ2v) is 5.28. The van der Waals surface area contributed by atoms with Crippen molar-refractivity contribution in [2.45, 2.75) is 18.3 Å². The van der Waals surface area contributed by atoms with E-state index in [1.807, 2.05) is 24.3 Å². The van der Waals surface area contributed by atoms with Crippen molar-refractivity contribution in [3.8, 4) is 0 Å². The largest absolute Gasteiger partial charge is 0.316 e. The van der Waals surface area contributed by atoms with E-state index in [1.165, 1.54) is 18.2 Å². The molecule has 1 N–H and O–H groups in total. The van der Waals surface area contributed by atoms with Crippen LogP contribution in [0.3, 0.4) is 0 Å². The Kier molecular flexibility index (Phi) is 3.79. The SMILES string of the molecule is Fc1ccc(C2CCNCC2c2ccccc2F)cc1. The first-order valence-corrected chi connectivity index (χ1v) is 6.96. The Morgan fingerprint density at radius 3 is 2.40 bits per heavy atom. The van der Waals surface area contributed by atoms with Gasteiger partial charge in [0.1, 0.15) is 11.6 Å². The van der Waals surface area contributed by atoms with Crippen LogP contribution < -0.4 is 5.32 Å². The molecule has 2 aromatic carbocycles. The predicted molar refractivity (Wildman–Crippen MR) is 75.8 cm³/mol. The van der Waals surface area contributed by atoms with Crippen LogP contribution >= 0.6 is 0 Å². The van der Waals surface area contributed by atoms with E-state index in [-0.39, 0.29) is 23.5 Å². The number of hydrogen-bond acceptors (Lipinski definition) is 1. The van der Waals surface area contributed by atoms with E-state index in [2.05, 4.69) is 5.32 Å². The highest BCUT2D eigenvalue weighted by Gasteiger charge is 2.29. The van der Waals surface area contributed by atoms with Crippen LogP contribution in [0.5, 0.6) is 0 Å². The Morgan fingerprint density at radius 2 is 1.65 bits per heavy atom. The van der Waals surface area contributed by atoms with E-state index in [4.69, 9.17) is 0 Å². The summed E-state index contributed by atoms with van der Waals surface area (Å²) < 4.78 is 27.1. The molecule has 0 aromatic heterocycles. The third-order valence-corrected chi connectivity index (χ3v) is 4.08. The number of hydrogen-bond donors (Lipinski definition) is 1. The molecule has 0 bridgehead atoms. The van der Waals surface area contributed by atoms with Gasteiger partial charge < -0.3 is 5.32 Å². The summed E-state index contributed by atoms with van der Waals surface area (Å²) in [5.74, 6) is -0.0670. The average molecular weight is 273 g/mol. The highest BCUT2D eigenvalue weighted by atomic mass is 19.1. The van der Waals surface area contributed by atoms with Crippen molar-refractivity contribution < 1.29 is 8.78 Å². The molecule has 3 heteroatoms. The molecule has 1 fully saturated rings. The smallest absolute Gasteiger partial charge is 0.126 e. The topological polar surface area (TPSA) is 12.0 Å². The van der Waals surface area contributed by atoms with Crippen molar-refractivity contribution in [2.24, 2.45) is 0 Å². The fraction of sp³-hybridized carbons (Fsp3) is 0.294. The van der Waals surface area contributed by atoms with Gasteiger partial charge in [-0.25, -0.2) is 8.78 Å².